The van der Waals surface area contributed by atoms with E-state index in [1.165, 1.54) is 11.1 Å². The fourth-order valence-electron chi connectivity index (χ4n) is 2.94. The van der Waals surface area contributed by atoms with Gasteiger partial charge < -0.3 is 0 Å². The average molecular weight is 436 g/mol. The third kappa shape index (κ3) is 4.25. The Morgan fingerprint density at radius 1 is 0.857 bits per heavy atom. The highest BCUT2D eigenvalue weighted by Gasteiger charge is 2.25. The minimum absolute atomic E-state index is 0.157. The molecule has 7 heteroatoms. The number of benzene rings is 2. The highest BCUT2D eigenvalue weighted by Crippen LogP contribution is 2.23. The summed E-state index contributed by atoms with van der Waals surface area (Å²) in [6, 6.07) is 15.0. The summed E-state index contributed by atoms with van der Waals surface area (Å²) in [6.07, 6.45) is 0. The Labute approximate surface area is 178 Å². The lowest BCUT2D eigenvalue weighted by atomic mass is 10.1. The average Bonchev–Trinajstić information content (AvgIpc) is 2.98. The summed E-state index contributed by atoms with van der Waals surface area (Å²) in [5.41, 5.74) is 2.37. The van der Waals surface area contributed by atoms with Gasteiger partial charge in [-0.25, -0.2) is 5.01 Å². The summed E-state index contributed by atoms with van der Waals surface area (Å²) in [5.74, 6) is -0.617. The number of ketones is 1. The highest BCUT2D eigenvalue weighted by molar-refractivity contribution is 6.37. The van der Waals surface area contributed by atoms with Crippen LogP contribution in [0, 0.1) is 13.8 Å². The number of hydrogen-bond donors (Lipinski definition) is 0. The van der Waals surface area contributed by atoms with Crippen LogP contribution in [0.3, 0.4) is 0 Å². The van der Waals surface area contributed by atoms with Crippen LogP contribution in [0.25, 0.3) is 0 Å². The SMILES string of the molecule is Cc1ccc(C)n1N(CC(=O)c1ccc(Cl)cc1)C(=O)c1ccc(Cl)cc1Cl. The molecule has 0 aliphatic heterocycles. The molecule has 0 atom stereocenters. The number of rotatable bonds is 5. The highest BCUT2D eigenvalue weighted by atomic mass is 35.5. The summed E-state index contributed by atoms with van der Waals surface area (Å²) in [5, 5.41) is 2.58. The molecular weight excluding hydrogens is 419 g/mol. The van der Waals surface area contributed by atoms with Crippen LogP contribution in [0.1, 0.15) is 32.1 Å². The first-order valence-electron chi connectivity index (χ1n) is 8.49. The van der Waals surface area contributed by atoms with Crippen LogP contribution < -0.4 is 5.01 Å². The largest absolute Gasteiger partial charge is 0.292 e. The quantitative estimate of drug-likeness (QED) is 0.481. The Kier molecular flexibility index (Phi) is 6.14. The predicted octanol–water partition coefficient (Wildman–Crippen LogP) is 5.73. The van der Waals surface area contributed by atoms with Crippen molar-refractivity contribution in [2.45, 2.75) is 13.8 Å². The van der Waals surface area contributed by atoms with Crippen molar-refractivity contribution in [1.82, 2.24) is 4.68 Å². The van der Waals surface area contributed by atoms with Crippen molar-refractivity contribution in [3.8, 4) is 0 Å². The second kappa shape index (κ2) is 8.39. The van der Waals surface area contributed by atoms with Gasteiger partial charge in [-0.3, -0.25) is 14.3 Å². The predicted molar refractivity (Wildman–Crippen MR) is 114 cm³/mol. The van der Waals surface area contributed by atoms with E-state index in [1.54, 1.807) is 41.1 Å². The van der Waals surface area contributed by atoms with Gasteiger partial charge in [0.25, 0.3) is 5.91 Å². The zero-order valence-corrected chi connectivity index (χ0v) is 17.5. The monoisotopic (exact) mass is 434 g/mol. The Bertz CT molecular complexity index is 1020. The zero-order valence-electron chi connectivity index (χ0n) is 15.2. The summed E-state index contributed by atoms with van der Waals surface area (Å²) >= 11 is 18.1. The van der Waals surface area contributed by atoms with Crippen LogP contribution in [0.4, 0.5) is 0 Å². The number of nitrogens with zero attached hydrogens (tertiary/aromatic N) is 2. The molecule has 0 saturated heterocycles. The Morgan fingerprint density at radius 2 is 1.43 bits per heavy atom. The third-order valence-corrected chi connectivity index (χ3v) is 5.13. The van der Waals surface area contributed by atoms with E-state index < -0.39 is 5.91 Å². The van der Waals surface area contributed by atoms with E-state index in [0.717, 1.165) is 11.4 Å². The van der Waals surface area contributed by atoms with Crippen molar-refractivity contribution >= 4 is 46.5 Å². The number of Topliss-reactive ketones (excluding diaryl/α,β-unsaturated/α-hetero) is 1. The van der Waals surface area contributed by atoms with Crippen LogP contribution in [-0.2, 0) is 0 Å². The number of amides is 1. The maximum absolute atomic E-state index is 13.3. The molecule has 0 aliphatic rings. The zero-order chi connectivity index (χ0) is 20.4. The summed E-state index contributed by atoms with van der Waals surface area (Å²) in [7, 11) is 0. The van der Waals surface area contributed by atoms with Gasteiger partial charge in [0, 0.05) is 27.0 Å². The minimum Gasteiger partial charge on any atom is -0.292 e. The molecular formula is C21H17Cl3N2O2. The number of carbonyl (C=O) groups is 2. The van der Waals surface area contributed by atoms with E-state index >= 15 is 0 Å². The maximum atomic E-state index is 13.3. The van der Waals surface area contributed by atoms with Gasteiger partial charge in [-0.05, 0) is 68.4 Å². The van der Waals surface area contributed by atoms with Gasteiger partial charge in [0.1, 0.15) is 6.54 Å². The van der Waals surface area contributed by atoms with Crippen LogP contribution in [-0.4, -0.2) is 22.9 Å². The molecule has 0 unspecified atom stereocenters. The van der Waals surface area contributed by atoms with Crippen LogP contribution in [0.5, 0.6) is 0 Å². The Morgan fingerprint density at radius 3 is 2.00 bits per heavy atom. The third-order valence-electron chi connectivity index (χ3n) is 4.33. The first-order chi connectivity index (χ1) is 13.3. The number of halogens is 3. The fourth-order valence-corrected chi connectivity index (χ4v) is 3.56. The number of carbonyl (C=O) groups excluding carboxylic acids is 2. The lowest BCUT2D eigenvalue weighted by Crippen LogP contribution is -2.45. The molecule has 0 fully saturated rings. The van der Waals surface area contributed by atoms with Crippen molar-refractivity contribution in [2.75, 3.05) is 11.6 Å². The van der Waals surface area contributed by atoms with Crippen molar-refractivity contribution in [2.24, 2.45) is 0 Å². The second-order valence-corrected chi connectivity index (χ2v) is 7.63. The molecule has 3 aromatic rings. The standard InChI is InChI=1S/C21H17Cl3N2O2/c1-13-3-4-14(2)26(13)25(12-20(27)15-5-7-16(22)8-6-15)21(28)18-10-9-17(23)11-19(18)24/h3-11H,12H2,1-2H3. The summed E-state index contributed by atoms with van der Waals surface area (Å²) in [6.45, 7) is 3.57. The maximum Gasteiger partial charge on any atom is 0.274 e. The molecule has 28 heavy (non-hydrogen) atoms. The first kappa shape index (κ1) is 20.5. The Balaban J connectivity index is 2.01. The van der Waals surface area contributed by atoms with Gasteiger partial charge in [0.15, 0.2) is 5.78 Å². The Hall–Kier alpha value is -2.27. The number of aryl methyl sites for hydroxylation is 2. The minimum atomic E-state index is -0.397. The lowest BCUT2D eigenvalue weighted by molar-refractivity contribution is 0.0908. The van der Waals surface area contributed by atoms with Gasteiger partial charge in [0.2, 0.25) is 0 Å². The van der Waals surface area contributed by atoms with Gasteiger partial charge in [0.05, 0.1) is 10.6 Å². The van der Waals surface area contributed by atoms with Crippen molar-refractivity contribution in [3.63, 3.8) is 0 Å². The van der Waals surface area contributed by atoms with Crippen LogP contribution in [0.2, 0.25) is 15.1 Å². The van der Waals surface area contributed by atoms with Gasteiger partial charge in [-0.15, -0.1) is 0 Å². The van der Waals surface area contributed by atoms with Gasteiger partial charge >= 0.3 is 0 Å². The molecule has 0 spiro atoms. The van der Waals surface area contributed by atoms with Crippen molar-refractivity contribution in [3.05, 3.63) is 92.2 Å². The topological polar surface area (TPSA) is 42.3 Å². The molecule has 0 saturated carbocycles. The molecule has 144 valence electrons. The molecule has 0 N–H and O–H groups in total. The van der Waals surface area contributed by atoms with E-state index in [-0.39, 0.29) is 22.9 Å². The van der Waals surface area contributed by atoms with Crippen LogP contribution in [0.15, 0.2) is 54.6 Å². The molecule has 0 bridgehead atoms. The smallest absolute Gasteiger partial charge is 0.274 e. The van der Waals surface area contributed by atoms with Crippen molar-refractivity contribution < 1.29 is 9.59 Å². The summed E-state index contributed by atoms with van der Waals surface area (Å²) < 4.78 is 1.71. The van der Waals surface area contributed by atoms with Gasteiger partial charge in [-0.2, -0.15) is 0 Å². The van der Waals surface area contributed by atoms with Gasteiger partial charge in [-0.1, -0.05) is 34.8 Å². The second-order valence-electron chi connectivity index (χ2n) is 6.34. The lowest BCUT2D eigenvalue weighted by Gasteiger charge is -2.27. The fraction of sp³-hybridized carbons (Fsp3) is 0.143. The van der Waals surface area contributed by atoms with Crippen molar-refractivity contribution in [1.29, 1.82) is 0 Å². The van der Waals surface area contributed by atoms with E-state index in [0.29, 0.717) is 15.6 Å². The number of aromatic nitrogens is 1. The van der Waals surface area contributed by atoms with Crippen LogP contribution >= 0.6 is 34.8 Å². The molecule has 1 aromatic heterocycles. The van der Waals surface area contributed by atoms with E-state index in [1.807, 2.05) is 26.0 Å². The molecule has 1 amide bonds. The van der Waals surface area contributed by atoms with E-state index in [4.69, 9.17) is 34.8 Å². The normalized spacial score (nSPS) is 10.8. The number of hydrogen-bond acceptors (Lipinski definition) is 2. The molecule has 3 rings (SSSR count). The molecule has 1 heterocycles. The summed E-state index contributed by atoms with van der Waals surface area (Å²) in [4.78, 5) is 26.2. The molecule has 2 aromatic carbocycles. The molecule has 0 aliphatic carbocycles. The first-order valence-corrected chi connectivity index (χ1v) is 9.62. The van der Waals surface area contributed by atoms with E-state index in [9.17, 15) is 9.59 Å². The van der Waals surface area contributed by atoms with E-state index in [2.05, 4.69) is 0 Å². The molecule has 0 radical (unpaired) electrons. The molecule has 4 nitrogen and oxygen atoms in total.